The predicted octanol–water partition coefficient (Wildman–Crippen LogP) is 9.43. The number of para-hydroxylation sites is 1. The highest BCUT2D eigenvalue weighted by atomic mass is 16.7. The molecule has 43 heavy (non-hydrogen) atoms. The van der Waals surface area contributed by atoms with Crippen LogP contribution in [0.4, 0.5) is 17.1 Å². The Balaban J connectivity index is 1.36. The summed E-state index contributed by atoms with van der Waals surface area (Å²) in [6.45, 7) is 13.1. The van der Waals surface area contributed by atoms with Gasteiger partial charge in [-0.2, -0.15) is 0 Å². The van der Waals surface area contributed by atoms with Crippen LogP contribution in [0.25, 0.3) is 22.3 Å². The molecule has 0 atom stereocenters. The molecule has 3 nitrogen and oxygen atoms in total. The van der Waals surface area contributed by atoms with Crippen LogP contribution in [0.5, 0.6) is 0 Å². The molecule has 214 valence electrons. The van der Waals surface area contributed by atoms with Gasteiger partial charge in [0.1, 0.15) is 0 Å². The first kappa shape index (κ1) is 27.7. The van der Waals surface area contributed by atoms with Crippen LogP contribution in [0.15, 0.2) is 121 Å². The van der Waals surface area contributed by atoms with Gasteiger partial charge in [-0.1, -0.05) is 105 Å². The predicted molar refractivity (Wildman–Crippen MR) is 180 cm³/mol. The average molecular weight is 564 g/mol. The van der Waals surface area contributed by atoms with Gasteiger partial charge in [-0.05, 0) is 91.3 Å². The molecule has 0 saturated carbocycles. The highest BCUT2D eigenvalue weighted by molar-refractivity contribution is 6.62. The standard InChI is InChI=1S/C39H38BNO2/c1-37(2)34-18-12-10-17-32(34)33-25-24-30(26-35(33)37)41(36-19-13-11-16-31(36)27-14-8-7-9-15-27)29-22-20-28(21-23-29)40-42-38(3,4)39(5,6)43-40/h7-26H,1-6H3. The van der Waals surface area contributed by atoms with Crippen LogP contribution in [-0.4, -0.2) is 18.3 Å². The molecule has 5 aromatic rings. The maximum atomic E-state index is 6.36. The van der Waals surface area contributed by atoms with Crippen molar-refractivity contribution in [3.8, 4) is 22.3 Å². The lowest BCUT2D eigenvalue weighted by Crippen LogP contribution is -2.41. The number of nitrogens with zero attached hydrogens (tertiary/aromatic N) is 1. The van der Waals surface area contributed by atoms with E-state index in [9.17, 15) is 0 Å². The van der Waals surface area contributed by atoms with Crippen molar-refractivity contribution in [3.63, 3.8) is 0 Å². The molecule has 1 aliphatic carbocycles. The lowest BCUT2D eigenvalue weighted by molar-refractivity contribution is 0.00578. The second-order valence-electron chi connectivity index (χ2n) is 13.3. The SMILES string of the molecule is CC1(C)c2ccccc2-c2ccc(N(c3ccc(B4OC(C)(C)C(C)(C)O4)cc3)c3ccccc3-c3ccccc3)cc21. The Morgan fingerprint density at radius 2 is 1.07 bits per heavy atom. The third-order valence-corrected chi connectivity index (χ3v) is 9.73. The molecule has 1 fully saturated rings. The second-order valence-corrected chi connectivity index (χ2v) is 13.3. The van der Waals surface area contributed by atoms with E-state index in [1.165, 1.54) is 33.4 Å². The molecular formula is C39H38BNO2. The number of rotatable bonds is 5. The van der Waals surface area contributed by atoms with E-state index in [0.717, 1.165) is 22.5 Å². The Kier molecular flexibility index (Phi) is 6.43. The van der Waals surface area contributed by atoms with Crippen LogP contribution >= 0.6 is 0 Å². The molecule has 0 bridgehead atoms. The summed E-state index contributed by atoms with van der Waals surface area (Å²) in [6.07, 6.45) is 0. The minimum Gasteiger partial charge on any atom is -0.399 e. The summed E-state index contributed by atoms with van der Waals surface area (Å²) in [7, 11) is -0.400. The summed E-state index contributed by atoms with van der Waals surface area (Å²) in [6, 6.07) is 43.7. The van der Waals surface area contributed by atoms with E-state index < -0.39 is 7.12 Å². The summed E-state index contributed by atoms with van der Waals surface area (Å²) < 4.78 is 12.7. The average Bonchev–Trinajstić information content (AvgIpc) is 3.38. The van der Waals surface area contributed by atoms with Crippen molar-refractivity contribution < 1.29 is 9.31 Å². The molecule has 7 rings (SSSR count). The Bertz CT molecular complexity index is 1790. The lowest BCUT2D eigenvalue weighted by Gasteiger charge is -2.32. The number of hydrogen-bond acceptors (Lipinski definition) is 3. The molecular weight excluding hydrogens is 525 g/mol. The Morgan fingerprint density at radius 1 is 0.512 bits per heavy atom. The van der Waals surface area contributed by atoms with Gasteiger partial charge in [-0.15, -0.1) is 0 Å². The third-order valence-electron chi connectivity index (χ3n) is 9.73. The quantitative estimate of drug-likeness (QED) is 0.199. The van der Waals surface area contributed by atoms with Crippen molar-refractivity contribution in [2.45, 2.75) is 58.2 Å². The molecule has 1 aliphatic heterocycles. The van der Waals surface area contributed by atoms with Crippen molar-refractivity contribution in [1.82, 2.24) is 0 Å². The van der Waals surface area contributed by atoms with E-state index >= 15 is 0 Å². The summed E-state index contributed by atoms with van der Waals surface area (Å²) in [5.74, 6) is 0. The van der Waals surface area contributed by atoms with Crippen LogP contribution in [-0.2, 0) is 14.7 Å². The summed E-state index contributed by atoms with van der Waals surface area (Å²) in [5, 5.41) is 0. The Labute approximate surface area is 256 Å². The molecule has 2 aliphatic rings. The second kappa shape index (κ2) is 9.97. The molecule has 0 aromatic heterocycles. The molecule has 0 radical (unpaired) electrons. The molecule has 4 heteroatoms. The minimum absolute atomic E-state index is 0.0901. The van der Waals surface area contributed by atoms with Gasteiger partial charge in [0.15, 0.2) is 0 Å². The van der Waals surface area contributed by atoms with Gasteiger partial charge >= 0.3 is 7.12 Å². The van der Waals surface area contributed by atoms with E-state index in [1.54, 1.807) is 0 Å². The first-order valence-electron chi connectivity index (χ1n) is 15.2. The largest absolute Gasteiger partial charge is 0.494 e. The molecule has 5 aromatic carbocycles. The highest BCUT2D eigenvalue weighted by Crippen LogP contribution is 2.51. The fourth-order valence-electron chi connectivity index (χ4n) is 6.55. The lowest BCUT2D eigenvalue weighted by atomic mass is 9.79. The smallest absolute Gasteiger partial charge is 0.399 e. The minimum atomic E-state index is -0.400. The van der Waals surface area contributed by atoms with E-state index in [4.69, 9.17) is 9.31 Å². The summed E-state index contributed by atoms with van der Waals surface area (Å²) >= 11 is 0. The first-order chi connectivity index (χ1) is 20.6. The normalized spacial score (nSPS) is 17.4. The maximum Gasteiger partial charge on any atom is 0.494 e. The summed E-state index contributed by atoms with van der Waals surface area (Å²) in [5.41, 5.74) is 11.2. The van der Waals surface area contributed by atoms with Crippen molar-refractivity contribution in [2.24, 2.45) is 0 Å². The van der Waals surface area contributed by atoms with Crippen molar-refractivity contribution >= 4 is 29.6 Å². The third kappa shape index (κ3) is 4.52. The van der Waals surface area contributed by atoms with Crippen LogP contribution in [0.3, 0.4) is 0 Å². The zero-order chi connectivity index (χ0) is 30.0. The molecule has 0 amide bonds. The van der Waals surface area contributed by atoms with Crippen molar-refractivity contribution in [1.29, 1.82) is 0 Å². The van der Waals surface area contributed by atoms with Crippen molar-refractivity contribution in [2.75, 3.05) is 4.90 Å². The topological polar surface area (TPSA) is 21.7 Å². The zero-order valence-electron chi connectivity index (χ0n) is 25.9. The Morgan fingerprint density at radius 3 is 1.77 bits per heavy atom. The van der Waals surface area contributed by atoms with Gasteiger partial charge in [-0.3, -0.25) is 0 Å². The highest BCUT2D eigenvalue weighted by Gasteiger charge is 2.51. The molecule has 0 N–H and O–H groups in total. The van der Waals surface area contributed by atoms with E-state index in [2.05, 4.69) is 168 Å². The Hall–Kier alpha value is -4.12. The number of hydrogen-bond donors (Lipinski definition) is 0. The van der Waals surface area contributed by atoms with Gasteiger partial charge in [0.05, 0.1) is 16.9 Å². The van der Waals surface area contributed by atoms with Crippen LogP contribution in [0, 0.1) is 0 Å². The van der Waals surface area contributed by atoms with Crippen LogP contribution in [0.2, 0.25) is 0 Å². The molecule has 1 heterocycles. The van der Waals surface area contributed by atoms with Gasteiger partial charge < -0.3 is 14.2 Å². The van der Waals surface area contributed by atoms with Crippen LogP contribution < -0.4 is 10.4 Å². The van der Waals surface area contributed by atoms with Gasteiger partial charge in [0.2, 0.25) is 0 Å². The molecule has 1 saturated heterocycles. The van der Waals surface area contributed by atoms with E-state index in [1.807, 2.05) is 0 Å². The van der Waals surface area contributed by atoms with Gasteiger partial charge in [0.25, 0.3) is 0 Å². The van der Waals surface area contributed by atoms with E-state index in [0.29, 0.717) is 0 Å². The number of benzene rings is 5. The molecule has 0 spiro atoms. The summed E-state index contributed by atoms with van der Waals surface area (Å²) in [4.78, 5) is 2.38. The van der Waals surface area contributed by atoms with E-state index in [-0.39, 0.29) is 16.6 Å². The van der Waals surface area contributed by atoms with Crippen molar-refractivity contribution in [3.05, 3.63) is 132 Å². The maximum absolute atomic E-state index is 6.36. The fraction of sp³-hybridized carbons (Fsp3) is 0.231. The van der Waals surface area contributed by atoms with Gasteiger partial charge in [0, 0.05) is 22.4 Å². The van der Waals surface area contributed by atoms with Gasteiger partial charge in [-0.25, -0.2) is 0 Å². The van der Waals surface area contributed by atoms with Crippen LogP contribution in [0.1, 0.15) is 52.7 Å². The first-order valence-corrected chi connectivity index (χ1v) is 15.2. The monoisotopic (exact) mass is 563 g/mol. The zero-order valence-corrected chi connectivity index (χ0v) is 25.9. The fourth-order valence-corrected chi connectivity index (χ4v) is 6.55. The molecule has 0 unspecified atom stereocenters. The number of anilines is 3. The number of fused-ring (bicyclic) bond motifs is 3.